The highest BCUT2D eigenvalue weighted by Gasteiger charge is 2.21. The van der Waals surface area contributed by atoms with Crippen LogP contribution in [0.5, 0.6) is 5.75 Å². The van der Waals surface area contributed by atoms with E-state index in [1.165, 1.54) is 0 Å². The third kappa shape index (κ3) is 6.19. The summed E-state index contributed by atoms with van der Waals surface area (Å²) in [6.45, 7) is 7.18. The Bertz CT molecular complexity index is 1500. The molecule has 9 heteroatoms. The molecule has 1 saturated heterocycles. The van der Waals surface area contributed by atoms with Crippen molar-refractivity contribution in [3.8, 4) is 16.9 Å². The first kappa shape index (κ1) is 26.2. The zero-order chi connectivity index (χ0) is 27.6. The van der Waals surface area contributed by atoms with Gasteiger partial charge in [0.15, 0.2) is 5.65 Å². The van der Waals surface area contributed by atoms with Gasteiger partial charge < -0.3 is 19.7 Å². The van der Waals surface area contributed by atoms with Crippen molar-refractivity contribution in [1.29, 1.82) is 0 Å². The summed E-state index contributed by atoms with van der Waals surface area (Å²) >= 11 is 0. The van der Waals surface area contributed by atoms with Crippen LogP contribution >= 0.6 is 0 Å². The average Bonchev–Trinajstić information content (AvgIpc) is 3.57. The lowest BCUT2D eigenvalue weighted by Crippen LogP contribution is -2.27. The lowest BCUT2D eigenvalue weighted by molar-refractivity contribution is -0.153. The van der Waals surface area contributed by atoms with Crippen LogP contribution in [0.25, 0.3) is 16.8 Å². The molecule has 3 heterocycles. The van der Waals surface area contributed by atoms with E-state index in [-0.39, 0.29) is 18.3 Å². The Balaban J connectivity index is 1.30. The molecule has 1 aliphatic rings. The van der Waals surface area contributed by atoms with Crippen molar-refractivity contribution < 1.29 is 19.1 Å². The molecular formula is C30H33N5O4. The molecule has 2 aromatic heterocycles. The van der Waals surface area contributed by atoms with Gasteiger partial charge in [0.05, 0.1) is 19.2 Å². The third-order valence-corrected chi connectivity index (χ3v) is 6.47. The zero-order valence-corrected chi connectivity index (χ0v) is 22.7. The fourth-order valence-electron chi connectivity index (χ4n) is 4.62. The number of amides is 1. The van der Waals surface area contributed by atoms with Crippen LogP contribution in [0, 0.1) is 0 Å². The molecule has 1 amide bonds. The summed E-state index contributed by atoms with van der Waals surface area (Å²) in [6, 6.07) is 17.1. The number of aromatic nitrogens is 3. The molecule has 0 saturated carbocycles. The maximum atomic E-state index is 12.8. The van der Waals surface area contributed by atoms with Gasteiger partial charge in [-0.3, -0.25) is 9.59 Å². The molecule has 1 fully saturated rings. The summed E-state index contributed by atoms with van der Waals surface area (Å²) < 4.78 is 12.7. The standard InChI is InChI=1S/C30H33N5O4/c1-30(2,3)39-27(36)17-20-7-9-21(10-8-20)23-12-14-26-32-29(33-35(26)19-23)31-24-13-11-22(18-25(24)38-4)28(37)34-15-5-6-16-34/h7-14,18-19H,5-6,15-17H2,1-4H3,(H,31,33). The lowest BCUT2D eigenvalue weighted by atomic mass is 10.0. The Morgan fingerprint density at radius 1 is 0.974 bits per heavy atom. The topological polar surface area (TPSA) is 98.1 Å². The minimum absolute atomic E-state index is 0.0219. The monoisotopic (exact) mass is 527 g/mol. The van der Waals surface area contributed by atoms with Crippen molar-refractivity contribution >= 4 is 29.2 Å². The SMILES string of the molecule is COc1cc(C(=O)N2CCCC2)ccc1Nc1nc2ccc(-c3ccc(CC(=O)OC(C)(C)C)cc3)cn2n1. The van der Waals surface area contributed by atoms with Crippen molar-refractivity contribution in [2.45, 2.75) is 45.6 Å². The van der Waals surface area contributed by atoms with Gasteiger partial charge in [-0.1, -0.05) is 24.3 Å². The summed E-state index contributed by atoms with van der Waals surface area (Å²) in [7, 11) is 1.58. The number of esters is 1. The first-order chi connectivity index (χ1) is 18.7. The molecule has 0 spiro atoms. The number of likely N-dealkylation sites (tertiary alicyclic amines) is 1. The molecule has 1 aliphatic heterocycles. The van der Waals surface area contributed by atoms with E-state index in [9.17, 15) is 9.59 Å². The average molecular weight is 528 g/mol. The van der Waals surface area contributed by atoms with Crippen molar-refractivity contribution in [3.05, 3.63) is 71.9 Å². The number of benzene rings is 2. The third-order valence-electron chi connectivity index (χ3n) is 6.47. The van der Waals surface area contributed by atoms with Gasteiger partial charge in [0.25, 0.3) is 5.91 Å². The fraction of sp³-hybridized carbons (Fsp3) is 0.333. The molecule has 0 aliphatic carbocycles. The number of anilines is 2. The molecule has 0 atom stereocenters. The molecule has 5 rings (SSSR count). The number of rotatable bonds is 7. The summed E-state index contributed by atoms with van der Waals surface area (Å²) in [5.41, 5.74) is 4.31. The lowest BCUT2D eigenvalue weighted by Gasteiger charge is -2.19. The molecule has 202 valence electrons. The van der Waals surface area contributed by atoms with Gasteiger partial charge in [0, 0.05) is 30.4 Å². The van der Waals surface area contributed by atoms with Crippen molar-refractivity contribution in [1.82, 2.24) is 19.5 Å². The van der Waals surface area contributed by atoms with E-state index in [1.807, 2.05) is 74.3 Å². The van der Waals surface area contributed by atoms with E-state index >= 15 is 0 Å². The largest absolute Gasteiger partial charge is 0.495 e. The summed E-state index contributed by atoms with van der Waals surface area (Å²) in [5, 5.41) is 7.80. The molecule has 1 N–H and O–H groups in total. The molecule has 4 aromatic rings. The molecular weight excluding hydrogens is 494 g/mol. The molecule has 0 bridgehead atoms. The van der Waals surface area contributed by atoms with E-state index in [4.69, 9.17) is 9.47 Å². The quantitative estimate of drug-likeness (QED) is 0.327. The van der Waals surface area contributed by atoms with E-state index in [1.54, 1.807) is 23.8 Å². The number of carbonyl (C=O) groups excluding carboxylic acids is 2. The van der Waals surface area contributed by atoms with E-state index < -0.39 is 5.60 Å². The highest BCUT2D eigenvalue weighted by atomic mass is 16.6. The molecule has 2 aromatic carbocycles. The van der Waals surface area contributed by atoms with Crippen LogP contribution in [0.4, 0.5) is 11.6 Å². The Kier molecular flexibility index (Phi) is 7.24. The van der Waals surface area contributed by atoms with Crippen LogP contribution < -0.4 is 10.1 Å². The fourth-order valence-corrected chi connectivity index (χ4v) is 4.62. The zero-order valence-electron chi connectivity index (χ0n) is 22.7. The van der Waals surface area contributed by atoms with E-state index in [0.29, 0.717) is 28.6 Å². The van der Waals surface area contributed by atoms with Crippen LogP contribution in [-0.4, -0.2) is 57.2 Å². The van der Waals surface area contributed by atoms with Crippen molar-refractivity contribution in [2.75, 3.05) is 25.5 Å². The number of hydrogen-bond acceptors (Lipinski definition) is 7. The number of carbonyl (C=O) groups is 2. The second-order valence-electron chi connectivity index (χ2n) is 10.7. The van der Waals surface area contributed by atoms with Crippen LogP contribution in [0.15, 0.2) is 60.8 Å². The highest BCUT2D eigenvalue weighted by molar-refractivity contribution is 5.95. The van der Waals surface area contributed by atoms with Crippen molar-refractivity contribution in [3.63, 3.8) is 0 Å². The summed E-state index contributed by atoms with van der Waals surface area (Å²) in [5.74, 6) is 0.736. The van der Waals surface area contributed by atoms with Crippen LogP contribution in [0.3, 0.4) is 0 Å². The Morgan fingerprint density at radius 2 is 1.69 bits per heavy atom. The van der Waals surface area contributed by atoms with Crippen LogP contribution in [0.1, 0.15) is 49.5 Å². The first-order valence-corrected chi connectivity index (χ1v) is 13.1. The van der Waals surface area contributed by atoms with Gasteiger partial charge in [-0.2, -0.15) is 4.98 Å². The number of ether oxygens (including phenoxy) is 2. The smallest absolute Gasteiger partial charge is 0.310 e. The second kappa shape index (κ2) is 10.8. The van der Waals surface area contributed by atoms with Gasteiger partial charge in [-0.15, -0.1) is 5.10 Å². The van der Waals surface area contributed by atoms with Crippen LogP contribution in [-0.2, 0) is 16.0 Å². The van der Waals surface area contributed by atoms with Crippen LogP contribution in [0.2, 0.25) is 0 Å². The number of pyridine rings is 1. The normalized spacial score (nSPS) is 13.5. The van der Waals surface area contributed by atoms with Gasteiger partial charge in [-0.25, -0.2) is 4.52 Å². The van der Waals surface area contributed by atoms with E-state index in [2.05, 4.69) is 15.4 Å². The maximum Gasteiger partial charge on any atom is 0.310 e. The molecule has 0 unspecified atom stereocenters. The number of nitrogens with zero attached hydrogens (tertiary/aromatic N) is 4. The number of fused-ring (bicyclic) bond motifs is 1. The van der Waals surface area contributed by atoms with Crippen molar-refractivity contribution in [2.24, 2.45) is 0 Å². The Hall–Kier alpha value is -4.40. The number of nitrogens with one attached hydrogen (secondary N) is 1. The number of hydrogen-bond donors (Lipinski definition) is 1. The number of methoxy groups -OCH3 is 1. The predicted octanol–water partition coefficient (Wildman–Crippen LogP) is 5.27. The minimum atomic E-state index is -0.501. The Morgan fingerprint density at radius 3 is 2.38 bits per heavy atom. The first-order valence-electron chi connectivity index (χ1n) is 13.1. The van der Waals surface area contributed by atoms with E-state index in [0.717, 1.165) is 42.6 Å². The minimum Gasteiger partial charge on any atom is -0.495 e. The van der Waals surface area contributed by atoms with Gasteiger partial charge in [0.2, 0.25) is 5.95 Å². The predicted molar refractivity (Wildman–Crippen MR) is 149 cm³/mol. The highest BCUT2D eigenvalue weighted by Crippen LogP contribution is 2.29. The second-order valence-corrected chi connectivity index (χ2v) is 10.7. The molecule has 39 heavy (non-hydrogen) atoms. The van der Waals surface area contributed by atoms with Gasteiger partial charge in [0.1, 0.15) is 11.4 Å². The van der Waals surface area contributed by atoms with Gasteiger partial charge >= 0.3 is 5.97 Å². The van der Waals surface area contributed by atoms with Gasteiger partial charge in [-0.05, 0) is 75.1 Å². The summed E-state index contributed by atoms with van der Waals surface area (Å²) in [6.07, 6.45) is 4.23. The Labute approximate surface area is 227 Å². The summed E-state index contributed by atoms with van der Waals surface area (Å²) in [4.78, 5) is 31.3. The molecule has 0 radical (unpaired) electrons. The molecule has 9 nitrogen and oxygen atoms in total. The maximum absolute atomic E-state index is 12.8.